The zero-order valence-electron chi connectivity index (χ0n) is 13.6. The van der Waals surface area contributed by atoms with Crippen LogP contribution in [0.5, 0.6) is 0 Å². The summed E-state index contributed by atoms with van der Waals surface area (Å²) >= 11 is 0. The molecule has 0 bridgehead atoms. The predicted octanol–water partition coefficient (Wildman–Crippen LogP) is 3.23. The molecule has 1 aromatic heterocycles. The molecule has 1 aromatic rings. The molecule has 0 spiro atoms. The van der Waals surface area contributed by atoms with Crippen molar-refractivity contribution in [2.75, 3.05) is 32.2 Å². The summed E-state index contributed by atoms with van der Waals surface area (Å²) in [6.45, 7) is 4.64. The van der Waals surface area contributed by atoms with Gasteiger partial charge in [-0.15, -0.1) is 0 Å². The molecule has 0 unspecified atom stereocenters. The lowest BCUT2D eigenvalue weighted by atomic mass is 10.1. The topological polar surface area (TPSA) is 34.6 Å². The molecule has 5 heteroatoms. The summed E-state index contributed by atoms with van der Waals surface area (Å²) in [6.07, 6.45) is 9.68. The third kappa shape index (κ3) is 7.06. The highest BCUT2D eigenvalue weighted by atomic mass is 28.3. The van der Waals surface area contributed by atoms with Gasteiger partial charge in [-0.3, -0.25) is 0 Å². The van der Waals surface area contributed by atoms with Crippen molar-refractivity contribution in [3.05, 3.63) is 23.9 Å². The molecule has 1 saturated heterocycles. The smallest absolute Gasteiger partial charge is 0.396 e. The maximum Gasteiger partial charge on any atom is 0.432 e. The van der Waals surface area contributed by atoms with Crippen molar-refractivity contribution >= 4 is 15.8 Å². The Labute approximate surface area is 131 Å². The van der Waals surface area contributed by atoms with Gasteiger partial charge >= 0.3 is 10.0 Å². The number of hydrogen-bond donors (Lipinski definition) is 0. The zero-order valence-corrected chi connectivity index (χ0v) is 14.6. The maximum atomic E-state index is 4.57. The van der Waals surface area contributed by atoms with Gasteiger partial charge in [0, 0.05) is 33.5 Å². The van der Waals surface area contributed by atoms with Gasteiger partial charge in [0.05, 0.1) is 0 Å². The highest BCUT2D eigenvalue weighted by Crippen LogP contribution is 2.23. The minimum absolute atomic E-state index is 0.198. The van der Waals surface area contributed by atoms with Crippen molar-refractivity contribution in [2.24, 2.45) is 0 Å². The fourth-order valence-electron chi connectivity index (χ4n) is 2.49. The lowest BCUT2D eigenvalue weighted by molar-refractivity contribution is 0.309. The van der Waals surface area contributed by atoms with E-state index in [-0.39, 0.29) is 10.0 Å². The Morgan fingerprint density at radius 3 is 2.48 bits per heavy atom. The van der Waals surface area contributed by atoms with Crippen molar-refractivity contribution < 1.29 is 8.85 Å². The van der Waals surface area contributed by atoms with E-state index in [2.05, 4.69) is 37.8 Å². The van der Waals surface area contributed by atoms with Gasteiger partial charge < -0.3 is 13.8 Å². The van der Waals surface area contributed by atoms with Gasteiger partial charge in [-0.25, -0.2) is 4.98 Å². The molecule has 1 aliphatic heterocycles. The van der Waals surface area contributed by atoms with E-state index in [4.69, 9.17) is 0 Å². The van der Waals surface area contributed by atoms with Gasteiger partial charge in [-0.1, -0.05) is 25.8 Å². The predicted molar refractivity (Wildman–Crippen MR) is 88.7 cm³/mol. The van der Waals surface area contributed by atoms with E-state index in [1.807, 2.05) is 6.20 Å². The maximum absolute atomic E-state index is 4.57. The van der Waals surface area contributed by atoms with E-state index in [1.54, 1.807) is 14.2 Å². The summed E-state index contributed by atoms with van der Waals surface area (Å²) in [6, 6.07) is 4.32. The van der Waals surface area contributed by atoms with Crippen LogP contribution in [0.3, 0.4) is 0 Å². The number of aromatic nitrogens is 1. The normalized spacial score (nSPS) is 14.0. The van der Waals surface area contributed by atoms with Gasteiger partial charge in [0.1, 0.15) is 5.82 Å². The summed E-state index contributed by atoms with van der Waals surface area (Å²) in [5.74, 6) is 1.25. The second-order valence-corrected chi connectivity index (χ2v) is 6.11. The molecular formula is C16H28N2O2Si. The Balaban J connectivity index is 0.000000383. The molecule has 118 valence electrons. The Hall–Kier alpha value is -0.913. The van der Waals surface area contributed by atoms with Gasteiger partial charge in [0.2, 0.25) is 0 Å². The van der Waals surface area contributed by atoms with Crippen LogP contribution in [0.4, 0.5) is 5.82 Å². The molecule has 1 fully saturated rings. The van der Waals surface area contributed by atoms with Crippen LogP contribution in [0.1, 0.15) is 44.6 Å². The monoisotopic (exact) mass is 308 g/mol. The minimum atomic E-state index is 0.198. The molecule has 0 aromatic carbocycles. The standard InChI is InChI=1S/C14H22N2.C2H6O2Si/c1-2-3-4-8-13-9-7-10-15-14(13)16-11-5-6-12-16;1-3-5-4-2/h7,9-10H,2-6,8,11-12H2,1H3;1-2H3. The minimum Gasteiger partial charge on any atom is -0.396 e. The SMILES string of the molecule is CCCCCc1cccnc1N1CCCC1.CO[Si]OC. The Bertz CT molecular complexity index is 369. The first-order chi connectivity index (χ1) is 10.3. The number of anilines is 1. The molecule has 0 saturated carbocycles. The zero-order chi connectivity index (χ0) is 15.3. The molecule has 2 radical (unpaired) electrons. The number of nitrogens with zero attached hydrogens (tertiary/aromatic N) is 2. The van der Waals surface area contributed by atoms with Gasteiger partial charge in [-0.2, -0.15) is 0 Å². The average molecular weight is 308 g/mol. The number of rotatable bonds is 7. The second kappa shape index (κ2) is 11.7. The fourth-order valence-corrected chi connectivity index (χ4v) is 2.65. The van der Waals surface area contributed by atoms with Crippen LogP contribution in [-0.2, 0) is 15.3 Å². The molecule has 2 heterocycles. The van der Waals surface area contributed by atoms with Crippen molar-refractivity contribution in [3.8, 4) is 0 Å². The molecule has 21 heavy (non-hydrogen) atoms. The third-order valence-electron chi connectivity index (χ3n) is 3.49. The van der Waals surface area contributed by atoms with E-state index in [1.165, 1.54) is 63.0 Å². The quantitative estimate of drug-likeness (QED) is 0.572. The molecule has 0 aliphatic carbocycles. The van der Waals surface area contributed by atoms with E-state index in [0.717, 1.165) is 0 Å². The Kier molecular flexibility index (Phi) is 10.1. The van der Waals surface area contributed by atoms with Crippen molar-refractivity contribution in [1.29, 1.82) is 0 Å². The Morgan fingerprint density at radius 2 is 1.90 bits per heavy atom. The Morgan fingerprint density at radius 1 is 1.19 bits per heavy atom. The molecule has 4 nitrogen and oxygen atoms in total. The van der Waals surface area contributed by atoms with E-state index < -0.39 is 0 Å². The van der Waals surface area contributed by atoms with Crippen LogP contribution in [0.15, 0.2) is 18.3 Å². The highest BCUT2D eigenvalue weighted by Gasteiger charge is 2.16. The van der Waals surface area contributed by atoms with Crippen molar-refractivity contribution in [1.82, 2.24) is 4.98 Å². The molecule has 1 aliphatic rings. The number of pyridine rings is 1. The summed E-state index contributed by atoms with van der Waals surface area (Å²) in [5, 5.41) is 0. The first-order valence-corrected chi connectivity index (χ1v) is 8.65. The van der Waals surface area contributed by atoms with Crippen LogP contribution < -0.4 is 4.90 Å². The second-order valence-electron chi connectivity index (χ2n) is 5.13. The summed E-state index contributed by atoms with van der Waals surface area (Å²) < 4.78 is 8.99. The third-order valence-corrected chi connectivity index (χ3v) is 3.82. The average Bonchev–Trinajstić information content (AvgIpc) is 3.04. The van der Waals surface area contributed by atoms with Crippen molar-refractivity contribution in [3.63, 3.8) is 0 Å². The molecule has 0 N–H and O–H groups in total. The van der Waals surface area contributed by atoms with E-state index in [0.29, 0.717) is 0 Å². The number of aryl methyl sites for hydroxylation is 1. The summed E-state index contributed by atoms with van der Waals surface area (Å²) in [5.41, 5.74) is 1.44. The van der Waals surface area contributed by atoms with Gasteiger partial charge in [0.15, 0.2) is 0 Å². The van der Waals surface area contributed by atoms with Crippen LogP contribution in [0.25, 0.3) is 0 Å². The molecule has 0 atom stereocenters. The number of unbranched alkanes of at least 4 members (excludes halogenated alkanes) is 2. The van der Waals surface area contributed by atoms with Crippen LogP contribution in [0.2, 0.25) is 0 Å². The lowest BCUT2D eigenvalue weighted by Crippen LogP contribution is -2.20. The summed E-state index contributed by atoms with van der Waals surface area (Å²) in [4.78, 5) is 7.01. The molecule has 2 rings (SSSR count). The van der Waals surface area contributed by atoms with Crippen LogP contribution in [0, 0.1) is 0 Å². The van der Waals surface area contributed by atoms with Gasteiger partial charge in [-0.05, 0) is 37.3 Å². The molecule has 0 amide bonds. The first kappa shape index (κ1) is 18.1. The lowest BCUT2D eigenvalue weighted by Gasteiger charge is -2.19. The molecular weight excluding hydrogens is 280 g/mol. The van der Waals surface area contributed by atoms with E-state index >= 15 is 0 Å². The largest absolute Gasteiger partial charge is 0.432 e. The van der Waals surface area contributed by atoms with Crippen LogP contribution in [-0.4, -0.2) is 42.3 Å². The first-order valence-electron chi connectivity index (χ1n) is 7.83. The fraction of sp³-hybridized carbons (Fsp3) is 0.688. The van der Waals surface area contributed by atoms with Crippen molar-refractivity contribution in [2.45, 2.75) is 45.4 Å². The number of hydrogen-bond acceptors (Lipinski definition) is 4. The van der Waals surface area contributed by atoms with E-state index in [9.17, 15) is 0 Å². The van der Waals surface area contributed by atoms with Crippen LogP contribution >= 0.6 is 0 Å². The highest BCUT2D eigenvalue weighted by molar-refractivity contribution is 6.17. The van der Waals surface area contributed by atoms with Gasteiger partial charge in [0.25, 0.3) is 0 Å². The summed E-state index contributed by atoms with van der Waals surface area (Å²) in [7, 11) is 3.40.